The van der Waals surface area contributed by atoms with Crippen molar-refractivity contribution in [2.45, 2.75) is 25.8 Å². The van der Waals surface area contributed by atoms with E-state index in [4.69, 9.17) is 5.73 Å². The zero-order chi connectivity index (χ0) is 7.61. The highest BCUT2D eigenvalue weighted by Gasteiger charge is 2.12. The van der Waals surface area contributed by atoms with E-state index in [2.05, 4.69) is 8.75 Å². The quantitative estimate of drug-likeness (QED) is 0.691. The van der Waals surface area contributed by atoms with E-state index in [1.807, 2.05) is 13.8 Å². The molecular formula is C6H11N3S. The van der Waals surface area contributed by atoms with Gasteiger partial charge in [-0.25, -0.2) is 0 Å². The first kappa shape index (κ1) is 7.63. The van der Waals surface area contributed by atoms with Crippen molar-refractivity contribution in [1.29, 1.82) is 0 Å². The lowest BCUT2D eigenvalue weighted by atomic mass is 10.0. The zero-order valence-corrected chi connectivity index (χ0v) is 6.98. The number of hydrogen-bond donors (Lipinski definition) is 1. The second kappa shape index (κ2) is 2.64. The summed E-state index contributed by atoms with van der Waals surface area (Å²) in [5, 5.41) is 0. The topological polar surface area (TPSA) is 51.8 Å². The molecule has 1 aromatic heterocycles. The minimum Gasteiger partial charge on any atom is -0.325 e. The molecule has 0 saturated carbocycles. The van der Waals surface area contributed by atoms with Gasteiger partial charge in [-0.05, 0) is 13.8 Å². The van der Waals surface area contributed by atoms with Crippen LogP contribution in [0.5, 0.6) is 0 Å². The van der Waals surface area contributed by atoms with Gasteiger partial charge >= 0.3 is 0 Å². The average Bonchev–Trinajstić information content (AvgIpc) is 2.12. The molecule has 0 aliphatic heterocycles. The number of nitrogens with zero attached hydrogens (tertiary/aromatic N) is 2. The molecule has 0 bridgehead atoms. The van der Waals surface area contributed by atoms with E-state index < -0.39 is 0 Å². The smallest absolute Gasteiger partial charge is 0.0761 e. The first-order chi connectivity index (χ1) is 4.58. The molecule has 10 heavy (non-hydrogen) atoms. The normalized spacial score (nSPS) is 11.9. The summed E-state index contributed by atoms with van der Waals surface area (Å²) in [6, 6.07) is 0. The Labute approximate surface area is 64.6 Å². The molecule has 0 aliphatic rings. The molecule has 1 heterocycles. The lowest BCUT2D eigenvalue weighted by Crippen LogP contribution is -2.34. The minimum absolute atomic E-state index is 0.171. The second-order valence-corrected chi connectivity index (χ2v) is 3.62. The van der Waals surface area contributed by atoms with Crippen molar-refractivity contribution >= 4 is 11.7 Å². The molecule has 1 aromatic rings. The van der Waals surface area contributed by atoms with Crippen LogP contribution in [-0.2, 0) is 6.42 Å². The highest BCUT2D eigenvalue weighted by molar-refractivity contribution is 6.99. The van der Waals surface area contributed by atoms with Crippen LogP contribution in [0.15, 0.2) is 6.20 Å². The minimum atomic E-state index is -0.171. The van der Waals surface area contributed by atoms with Crippen LogP contribution in [-0.4, -0.2) is 14.3 Å². The van der Waals surface area contributed by atoms with Crippen LogP contribution >= 0.6 is 11.7 Å². The van der Waals surface area contributed by atoms with E-state index in [1.54, 1.807) is 6.20 Å². The molecule has 0 fully saturated rings. The van der Waals surface area contributed by atoms with Gasteiger partial charge in [-0.15, -0.1) is 0 Å². The van der Waals surface area contributed by atoms with Crippen molar-refractivity contribution in [3.8, 4) is 0 Å². The largest absolute Gasteiger partial charge is 0.325 e. The van der Waals surface area contributed by atoms with Gasteiger partial charge in [0, 0.05) is 12.0 Å². The number of rotatable bonds is 2. The summed E-state index contributed by atoms with van der Waals surface area (Å²) in [7, 11) is 0. The molecule has 0 spiro atoms. The summed E-state index contributed by atoms with van der Waals surface area (Å²) >= 11 is 1.22. The standard InChI is InChI=1S/C6H11N3S/c1-6(2,7)3-5-4-8-10-9-5/h4H,3,7H2,1-2H3. The third-order valence-corrected chi connectivity index (χ3v) is 1.56. The summed E-state index contributed by atoms with van der Waals surface area (Å²) < 4.78 is 7.93. The highest BCUT2D eigenvalue weighted by Crippen LogP contribution is 2.06. The third kappa shape index (κ3) is 2.41. The van der Waals surface area contributed by atoms with Gasteiger partial charge in [0.25, 0.3) is 0 Å². The SMILES string of the molecule is CC(C)(N)Cc1cnsn1. The van der Waals surface area contributed by atoms with Gasteiger partial charge in [-0.3, -0.25) is 0 Å². The van der Waals surface area contributed by atoms with Crippen molar-refractivity contribution in [1.82, 2.24) is 8.75 Å². The molecule has 4 heteroatoms. The van der Waals surface area contributed by atoms with Crippen molar-refractivity contribution in [2.24, 2.45) is 5.73 Å². The van der Waals surface area contributed by atoms with Crippen molar-refractivity contribution in [2.75, 3.05) is 0 Å². The van der Waals surface area contributed by atoms with Gasteiger partial charge < -0.3 is 5.73 Å². The molecule has 0 atom stereocenters. The van der Waals surface area contributed by atoms with Gasteiger partial charge in [-0.1, -0.05) is 0 Å². The second-order valence-electron chi connectivity index (χ2n) is 3.06. The predicted octanol–water partition coefficient (Wildman–Crippen LogP) is 0.818. The van der Waals surface area contributed by atoms with Crippen LogP contribution in [0.2, 0.25) is 0 Å². The first-order valence-electron chi connectivity index (χ1n) is 3.13. The van der Waals surface area contributed by atoms with Gasteiger partial charge in [0.2, 0.25) is 0 Å². The Morgan fingerprint density at radius 3 is 2.80 bits per heavy atom. The van der Waals surface area contributed by atoms with Crippen LogP contribution in [0, 0.1) is 0 Å². The predicted molar refractivity (Wildman–Crippen MR) is 41.9 cm³/mol. The molecular weight excluding hydrogens is 146 g/mol. The maximum atomic E-state index is 5.76. The lowest BCUT2D eigenvalue weighted by Gasteiger charge is -2.15. The number of aromatic nitrogens is 2. The molecule has 56 valence electrons. The van der Waals surface area contributed by atoms with E-state index in [1.165, 1.54) is 11.7 Å². The molecule has 0 aromatic carbocycles. The molecule has 0 saturated heterocycles. The highest BCUT2D eigenvalue weighted by atomic mass is 32.1. The Morgan fingerprint density at radius 2 is 2.40 bits per heavy atom. The van der Waals surface area contributed by atoms with E-state index in [9.17, 15) is 0 Å². The Morgan fingerprint density at radius 1 is 1.70 bits per heavy atom. The molecule has 3 nitrogen and oxygen atoms in total. The number of nitrogens with two attached hydrogens (primary N) is 1. The fourth-order valence-corrected chi connectivity index (χ4v) is 1.16. The summed E-state index contributed by atoms with van der Waals surface area (Å²) in [5.41, 5.74) is 6.58. The van der Waals surface area contributed by atoms with E-state index in [-0.39, 0.29) is 5.54 Å². The Balaban J connectivity index is 2.57. The van der Waals surface area contributed by atoms with E-state index in [0.717, 1.165) is 12.1 Å². The molecule has 0 unspecified atom stereocenters. The monoisotopic (exact) mass is 157 g/mol. The maximum Gasteiger partial charge on any atom is 0.0761 e. The Kier molecular flexibility index (Phi) is 2.01. The fraction of sp³-hybridized carbons (Fsp3) is 0.667. The van der Waals surface area contributed by atoms with Gasteiger partial charge in [0.1, 0.15) is 0 Å². The van der Waals surface area contributed by atoms with Crippen LogP contribution in [0.25, 0.3) is 0 Å². The summed E-state index contributed by atoms with van der Waals surface area (Å²) in [4.78, 5) is 0. The summed E-state index contributed by atoms with van der Waals surface area (Å²) in [6.07, 6.45) is 2.56. The fourth-order valence-electron chi connectivity index (χ4n) is 0.729. The van der Waals surface area contributed by atoms with E-state index >= 15 is 0 Å². The van der Waals surface area contributed by atoms with E-state index in [0.29, 0.717) is 0 Å². The van der Waals surface area contributed by atoms with Crippen LogP contribution in [0.3, 0.4) is 0 Å². The average molecular weight is 157 g/mol. The lowest BCUT2D eigenvalue weighted by molar-refractivity contribution is 0.512. The summed E-state index contributed by atoms with van der Waals surface area (Å²) in [6.45, 7) is 3.96. The molecule has 2 N–H and O–H groups in total. The van der Waals surface area contributed by atoms with Gasteiger partial charge in [-0.2, -0.15) is 8.75 Å². The zero-order valence-electron chi connectivity index (χ0n) is 6.16. The molecule has 0 aliphatic carbocycles. The van der Waals surface area contributed by atoms with Gasteiger partial charge in [0.15, 0.2) is 0 Å². The first-order valence-corrected chi connectivity index (χ1v) is 3.86. The third-order valence-electron chi connectivity index (χ3n) is 1.04. The van der Waals surface area contributed by atoms with Crippen LogP contribution in [0.1, 0.15) is 19.5 Å². The number of hydrogen-bond acceptors (Lipinski definition) is 4. The van der Waals surface area contributed by atoms with Crippen molar-refractivity contribution in [3.05, 3.63) is 11.9 Å². The Hall–Kier alpha value is -0.480. The molecule has 1 rings (SSSR count). The van der Waals surface area contributed by atoms with Crippen LogP contribution < -0.4 is 5.73 Å². The van der Waals surface area contributed by atoms with Crippen molar-refractivity contribution < 1.29 is 0 Å². The molecule has 0 amide bonds. The van der Waals surface area contributed by atoms with Gasteiger partial charge in [0.05, 0.1) is 23.6 Å². The maximum absolute atomic E-state index is 5.76. The molecule has 0 radical (unpaired) electrons. The van der Waals surface area contributed by atoms with Crippen molar-refractivity contribution in [3.63, 3.8) is 0 Å². The Bertz CT molecular complexity index is 187. The van der Waals surface area contributed by atoms with Crippen LogP contribution in [0.4, 0.5) is 0 Å². The summed E-state index contributed by atoms with van der Waals surface area (Å²) in [5.74, 6) is 0.